The molecule has 0 fully saturated rings. The Hall–Kier alpha value is -3.59. The zero-order valence-electron chi connectivity index (χ0n) is 12.7. The van der Waals surface area contributed by atoms with Gasteiger partial charge in [-0.3, -0.25) is 10.1 Å². The lowest BCUT2D eigenvalue weighted by atomic mass is 10.1. The molecule has 0 aliphatic heterocycles. The Morgan fingerprint density at radius 3 is 2.38 bits per heavy atom. The van der Waals surface area contributed by atoms with Gasteiger partial charge in [-0.05, 0) is 29.3 Å². The monoisotopic (exact) mass is 321 g/mol. The number of rotatable bonds is 5. The van der Waals surface area contributed by atoms with Crippen molar-refractivity contribution in [2.45, 2.75) is 6.61 Å². The lowest BCUT2D eigenvalue weighted by molar-refractivity contribution is -0.115. The maximum absolute atomic E-state index is 11.6. The fourth-order valence-electron chi connectivity index (χ4n) is 1.90. The van der Waals surface area contributed by atoms with Crippen molar-refractivity contribution in [2.24, 2.45) is 5.73 Å². The first-order valence-corrected chi connectivity index (χ1v) is 7.08. The van der Waals surface area contributed by atoms with Crippen LogP contribution in [0.15, 0.2) is 60.2 Å². The van der Waals surface area contributed by atoms with Gasteiger partial charge in [0.2, 0.25) is 0 Å². The third kappa shape index (κ3) is 5.00. The summed E-state index contributed by atoms with van der Waals surface area (Å²) < 4.78 is 5.65. The number of carbonyl (C=O) groups is 2. The van der Waals surface area contributed by atoms with E-state index in [0.29, 0.717) is 17.9 Å². The minimum Gasteiger partial charge on any atom is -0.489 e. The highest BCUT2D eigenvalue weighted by Crippen LogP contribution is 2.16. The smallest absolute Gasteiger partial charge is 0.319 e. The van der Waals surface area contributed by atoms with Crippen molar-refractivity contribution in [3.63, 3.8) is 0 Å². The van der Waals surface area contributed by atoms with E-state index in [2.05, 4.69) is 0 Å². The molecule has 0 unspecified atom stereocenters. The predicted octanol–water partition coefficient (Wildman–Crippen LogP) is 2.37. The van der Waals surface area contributed by atoms with Crippen molar-refractivity contribution >= 4 is 18.0 Å². The number of amides is 3. The maximum atomic E-state index is 11.6. The van der Waals surface area contributed by atoms with Crippen LogP contribution in [0.4, 0.5) is 4.79 Å². The van der Waals surface area contributed by atoms with Gasteiger partial charge in [-0.2, -0.15) is 5.26 Å². The highest BCUT2D eigenvalue weighted by Gasteiger charge is 2.10. The Labute approximate surface area is 139 Å². The van der Waals surface area contributed by atoms with Crippen LogP contribution in [-0.4, -0.2) is 11.9 Å². The van der Waals surface area contributed by atoms with Gasteiger partial charge < -0.3 is 10.5 Å². The number of benzene rings is 2. The van der Waals surface area contributed by atoms with E-state index in [1.807, 2.05) is 35.6 Å². The Kier molecular flexibility index (Phi) is 5.70. The van der Waals surface area contributed by atoms with Crippen LogP contribution in [0.25, 0.3) is 6.08 Å². The second-order valence-corrected chi connectivity index (χ2v) is 4.83. The summed E-state index contributed by atoms with van der Waals surface area (Å²) in [5.74, 6) is -0.175. The largest absolute Gasteiger partial charge is 0.489 e. The number of imide groups is 1. The maximum Gasteiger partial charge on any atom is 0.319 e. The fraction of sp³-hybridized carbons (Fsp3) is 0.0556. The second kappa shape index (κ2) is 8.15. The number of urea groups is 1. The second-order valence-electron chi connectivity index (χ2n) is 4.83. The highest BCUT2D eigenvalue weighted by molar-refractivity contribution is 6.08. The molecule has 0 atom stereocenters. The van der Waals surface area contributed by atoms with Crippen molar-refractivity contribution in [3.8, 4) is 11.8 Å². The molecule has 6 nitrogen and oxygen atoms in total. The zero-order chi connectivity index (χ0) is 17.4. The number of nitrogens with two attached hydrogens (primary N) is 1. The molecule has 0 radical (unpaired) electrons. The minimum atomic E-state index is -1.01. The van der Waals surface area contributed by atoms with Gasteiger partial charge in [0.25, 0.3) is 5.91 Å². The number of ether oxygens (including phenoxy) is 1. The van der Waals surface area contributed by atoms with Gasteiger partial charge in [0, 0.05) is 0 Å². The first kappa shape index (κ1) is 16.8. The Morgan fingerprint density at radius 2 is 1.79 bits per heavy atom. The van der Waals surface area contributed by atoms with Crippen LogP contribution >= 0.6 is 0 Å². The van der Waals surface area contributed by atoms with Crippen LogP contribution in [0.2, 0.25) is 0 Å². The summed E-state index contributed by atoms with van der Waals surface area (Å²) in [7, 11) is 0. The number of nitrogens with one attached hydrogen (secondary N) is 1. The van der Waals surface area contributed by atoms with Gasteiger partial charge in [-0.1, -0.05) is 42.5 Å². The van der Waals surface area contributed by atoms with Crippen LogP contribution in [0.1, 0.15) is 11.1 Å². The van der Waals surface area contributed by atoms with E-state index in [-0.39, 0.29) is 5.57 Å². The van der Waals surface area contributed by atoms with Crippen LogP contribution in [-0.2, 0) is 11.4 Å². The van der Waals surface area contributed by atoms with E-state index in [0.717, 1.165) is 5.56 Å². The van der Waals surface area contributed by atoms with E-state index in [1.165, 1.54) is 6.08 Å². The van der Waals surface area contributed by atoms with E-state index in [9.17, 15) is 9.59 Å². The number of primary amides is 1. The number of carbonyl (C=O) groups excluding carboxylic acids is 2. The summed E-state index contributed by atoms with van der Waals surface area (Å²) in [5.41, 5.74) is 6.32. The molecular formula is C18H15N3O3. The molecule has 3 amide bonds. The van der Waals surface area contributed by atoms with E-state index in [1.54, 1.807) is 30.3 Å². The van der Waals surface area contributed by atoms with Gasteiger partial charge in [0.05, 0.1) is 0 Å². The molecule has 0 aliphatic carbocycles. The average Bonchev–Trinajstić information content (AvgIpc) is 2.59. The molecule has 0 aliphatic rings. The molecule has 0 saturated heterocycles. The molecule has 120 valence electrons. The van der Waals surface area contributed by atoms with Gasteiger partial charge in [-0.15, -0.1) is 0 Å². The Balaban J connectivity index is 2.03. The zero-order valence-corrected chi connectivity index (χ0v) is 12.7. The average molecular weight is 321 g/mol. The summed E-state index contributed by atoms with van der Waals surface area (Å²) in [6, 6.07) is 17.3. The van der Waals surface area contributed by atoms with Crippen LogP contribution in [0, 0.1) is 11.3 Å². The standard InChI is InChI=1S/C18H15N3O3/c19-11-15(17(22)21-18(20)23)10-13-6-8-16(9-7-13)24-12-14-4-2-1-3-5-14/h1-10H,12H2,(H3,20,21,22,23)/b15-10-. The summed E-state index contributed by atoms with van der Waals surface area (Å²) in [5, 5.41) is 10.8. The molecular weight excluding hydrogens is 306 g/mol. The molecule has 24 heavy (non-hydrogen) atoms. The topological polar surface area (TPSA) is 105 Å². The van der Waals surface area contributed by atoms with Crippen molar-refractivity contribution in [2.75, 3.05) is 0 Å². The summed E-state index contributed by atoms with van der Waals surface area (Å²) >= 11 is 0. The number of nitrogens with zero attached hydrogens (tertiary/aromatic N) is 1. The van der Waals surface area contributed by atoms with E-state index >= 15 is 0 Å². The van der Waals surface area contributed by atoms with Gasteiger partial charge >= 0.3 is 6.03 Å². The SMILES string of the molecule is N#C/C(=C/c1ccc(OCc2ccccc2)cc1)C(=O)NC(N)=O. The molecule has 3 N–H and O–H groups in total. The number of nitriles is 1. The lowest BCUT2D eigenvalue weighted by Gasteiger charge is -2.06. The Morgan fingerprint density at radius 1 is 1.12 bits per heavy atom. The van der Waals surface area contributed by atoms with E-state index in [4.69, 9.17) is 15.7 Å². The number of hydrogen-bond acceptors (Lipinski definition) is 4. The third-order valence-electron chi connectivity index (χ3n) is 3.04. The third-order valence-corrected chi connectivity index (χ3v) is 3.04. The molecule has 2 aromatic carbocycles. The molecule has 0 bridgehead atoms. The van der Waals surface area contributed by atoms with Crippen molar-refractivity contribution < 1.29 is 14.3 Å². The normalized spacial score (nSPS) is 10.5. The summed E-state index contributed by atoms with van der Waals surface area (Å²) in [6.07, 6.45) is 1.36. The molecule has 6 heteroatoms. The summed E-state index contributed by atoms with van der Waals surface area (Å²) in [4.78, 5) is 22.2. The van der Waals surface area contributed by atoms with Gasteiger partial charge in [0.15, 0.2) is 0 Å². The van der Waals surface area contributed by atoms with E-state index < -0.39 is 11.9 Å². The van der Waals surface area contributed by atoms with Crippen LogP contribution in [0.5, 0.6) is 5.75 Å². The van der Waals surface area contributed by atoms with Crippen LogP contribution < -0.4 is 15.8 Å². The molecule has 0 spiro atoms. The predicted molar refractivity (Wildman–Crippen MR) is 88.5 cm³/mol. The summed E-state index contributed by atoms with van der Waals surface area (Å²) in [6.45, 7) is 0.445. The van der Waals surface area contributed by atoms with Gasteiger partial charge in [-0.25, -0.2) is 4.79 Å². The minimum absolute atomic E-state index is 0.216. The molecule has 2 aromatic rings. The highest BCUT2D eigenvalue weighted by atomic mass is 16.5. The van der Waals surface area contributed by atoms with Crippen molar-refractivity contribution in [1.29, 1.82) is 5.26 Å². The first-order chi connectivity index (χ1) is 11.6. The van der Waals surface area contributed by atoms with Crippen molar-refractivity contribution in [3.05, 3.63) is 71.3 Å². The molecule has 0 saturated carbocycles. The molecule has 2 rings (SSSR count). The number of hydrogen-bond donors (Lipinski definition) is 2. The van der Waals surface area contributed by atoms with Crippen molar-refractivity contribution in [1.82, 2.24) is 5.32 Å². The first-order valence-electron chi connectivity index (χ1n) is 7.08. The molecule has 0 aromatic heterocycles. The lowest BCUT2D eigenvalue weighted by Crippen LogP contribution is -2.35. The van der Waals surface area contributed by atoms with Gasteiger partial charge in [0.1, 0.15) is 24.0 Å². The van der Waals surface area contributed by atoms with Crippen LogP contribution in [0.3, 0.4) is 0 Å². The Bertz CT molecular complexity index is 791. The fourth-order valence-corrected chi connectivity index (χ4v) is 1.90. The molecule has 0 heterocycles. The quantitative estimate of drug-likeness (QED) is 0.651.